The average molecular weight is 366 g/mol. The lowest BCUT2D eigenvalue weighted by Gasteiger charge is -2.46. The number of aromatic nitrogens is 1. The van der Waals surface area contributed by atoms with Crippen molar-refractivity contribution in [1.29, 1.82) is 0 Å². The summed E-state index contributed by atoms with van der Waals surface area (Å²) in [5.41, 5.74) is -0.153. The monoisotopic (exact) mass is 366 g/mol. The van der Waals surface area contributed by atoms with Crippen molar-refractivity contribution in [1.82, 2.24) is 9.88 Å². The van der Waals surface area contributed by atoms with Crippen molar-refractivity contribution in [3.63, 3.8) is 0 Å². The predicted octanol–water partition coefficient (Wildman–Crippen LogP) is 2.43. The van der Waals surface area contributed by atoms with Gasteiger partial charge in [0.15, 0.2) is 5.82 Å². The molecule has 2 aliphatic rings. The first-order valence-electron chi connectivity index (χ1n) is 9.36. The zero-order valence-corrected chi connectivity index (χ0v) is 15.3. The molecule has 144 valence electrons. The zero-order chi connectivity index (χ0) is 18.4. The van der Waals surface area contributed by atoms with Crippen LogP contribution in [0.4, 0.5) is 4.39 Å². The molecule has 1 unspecified atom stereocenters. The maximum Gasteiger partial charge on any atom is 0.256 e. The van der Waals surface area contributed by atoms with Crippen LogP contribution in [0.15, 0.2) is 18.5 Å². The molecule has 1 aromatic heterocycles. The number of carbonyl (C=O) groups excluding carboxylic acids is 1. The number of hydrogen-bond acceptors (Lipinski definition) is 5. The molecule has 2 fully saturated rings. The van der Waals surface area contributed by atoms with E-state index in [2.05, 4.69) is 4.98 Å². The van der Waals surface area contributed by atoms with E-state index in [0.29, 0.717) is 39.5 Å². The molecule has 0 aromatic carbocycles. The second-order valence-electron chi connectivity index (χ2n) is 6.86. The zero-order valence-electron chi connectivity index (χ0n) is 15.3. The Hall–Kier alpha value is -1.57. The van der Waals surface area contributed by atoms with Crippen LogP contribution in [0.25, 0.3) is 0 Å². The summed E-state index contributed by atoms with van der Waals surface area (Å²) in [6.45, 7) is 5.67. The number of rotatable bonds is 6. The molecule has 0 saturated carbocycles. The first kappa shape index (κ1) is 19.2. The van der Waals surface area contributed by atoms with E-state index in [1.807, 2.05) is 6.92 Å². The van der Waals surface area contributed by atoms with E-state index in [4.69, 9.17) is 14.2 Å². The number of likely N-dealkylation sites (tertiary alicyclic amines) is 1. The molecular formula is C19H27FN2O4. The van der Waals surface area contributed by atoms with Gasteiger partial charge in [-0.05, 0) is 32.3 Å². The fraction of sp³-hybridized carbons (Fsp3) is 0.684. The molecule has 1 atom stereocenters. The highest BCUT2D eigenvalue weighted by Gasteiger charge is 2.41. The Bertz CT molecular complexity index is 605. The lowest BCUT2D eigenvalue weighted by Crippen LogP contribution is -2.52. The van der Waals surface area contributed by atoms with E-state index >= 15 is 0 Å². The summed E-state index contributed by atoms with van der Waals surface area (Å²) in [5, 5.41) is 0. The van der Waals surface area contributed by atoms with Crippen molar-refractivity contribution in [3.05, 3.63) is 29.8 Å². The predicted molar refractivity (Wildman–Crippen MR) is 93.5 cm³/mol. The molecule has 0 N–H and O–H groups in total. The Morgan fingerprint density at radius 1 is 1.42 bits per heavy atom. The molecule has 1 aromatic rings. The lowest BCUT2D eigenvalue weighted by atomic mass is 9.83. The van der Waals surface area contributed by atoms with Crippen LogP contribution >= 0.6 is 0 Å². The summed E-state index contributed by atoms with van der Waals surface area (Å²) >= 11 is 0. The van der Waals surface area contributed by atoms with Gasteiger partial charge in [0, 0.05) is 38.9 Å². The molecule has 1 spiro atoms. The molecule has 0 radical (unpaired) electrons. The standard InChI is InChI=1S/C19H27FN2O4/c1-2-24-11-12-25-15-4-10-26-19(13-15)5-8-22(9-6-19)18(23)16-3-7-21-14-17(16)20/h3,7,14-15H,2,4-6,8-13H2,1H3. The van der Waals surface area contributed by atoms with Gasteiger partial charge in [-0.2, -0.15) is 0 Å². The van der Waals surface area contributed by atoms with E-state index in [-0.39, 0.29) is 23.2 Å². The molecule has 0 bridgehead atoms. The maximum absolute atomic E-state index is 13.8. The van der Waals surface area contributed by atoms with Crippen molar-refractivity contribution < 1.29 is 23.4 Å². The molecule has 0 aliphatic carbocycles. The van der Waals surface area contributed by atoms with Crippen molar-refractivity contribution in [2.45, 2.75) is 44.3 Å². The molecule has 1 amide bonds. The summed E-state index contributed by atoms with van der Waals surface area (Å²) in [4.78, 5) is 17.9. The van der Waals surface area contributed by atoms with Crippen LogP contribution in [0.5, 0.6) is 0 Å². The lowest BCUT2D eigenvalue weighted by molar-refractivity contribution is -0.155. The molecule has 2 aliphatic heterocycles. The van der Waals surface area contributed by atoms with Crippen molar-refractivity contribution in [2.24, 2.45) is 0 Å². The number of amides is 1. The number of carbonyl (C=O) groups is 1. The Morgan fingerprint density at radius 2 is 2.23 bits per heavy atom. The normalized spacial score (nSPS) is 22.5. The summed E-state index contributed by atoms with van der Waals surface area (Å²) in [5.74, 6) is -0.852. The van der Waals surface area contributed by atoms with Crippen LogP contribution < -0.4 is 0 Å². The minimum Gasteiger partial charge on any atom is -0.379 e. The van der Waals surface area contributed by atoms with Gasteiger partial charge in [0.1, 0.15) is 0 Å². The number of ether oxygens (including phenoxy) is 3. The largest absolute Gasteiger partial charge is 0.379 e. The van der Waals surface area contributed by atoms with Gasteiger partial charge in [-0.25, -0.2) is 4.39 Å². The SMILES string of the molecule is CCOCCOC1CCOC2(CCN(C(=O)c3ccncc3F)CC2)C1. The van der Waals surface area contributed by atoms with E-state index in [0.717, 1.165) is 31.9 Å². The topological polar surface area (TPSA) is 60.9 Å². The van der Waals surface area contributed by atoms with E-state index in [1.165, 1.54) is 12.3 Å². The van der Waals surface area contributed by atoms with E-state index in [9.17, 15) is 9.18 Å². The van der Waals surface area contributed by atoms with Crippen molar-refractivity contribution in [3.8, 4) is 0 Å². The van der Waals surface area contributed by atoms with Crippen LogP contribution in [0.2, 0.25) is 0 Å². The van der Waals surface area contributed by atoms with Crippen LogP contribution in [0.3, 0.4) is 0 Å². The summed E-state index contributed by atoms with van der Waals surface area (Å²) in [6, 6.07) is 1.43. The second kappa shape index (κ2) is 8.88. The van der Waals surface area contributed by atoms with Crippen LogP contribution in [-0.4, -0.2) is 67.0 Å². The third-order valence-electron chi connectivity index (χ3n) is 5.20. The minimum atomic E-state index is -0.575. The molecule has 3 rings (SSSR count). The van der Waals surface area contributed by atoms with Crippen molar-refractivity contribution >= 4 is 5.91 Å². The smallest absolute Gasteiger partial charge is 0.256 e. The first-order valence-corrected chi connectivity index (χ1v) is 9.36. The molecule has 26 heavy (non-hydrogen) atoms. The quantitative estimate of drug-likeness (QED) is 0.724. The highest BCUT2D eigenvalue weighted by molar-refractivity contribution is 5.94. The van der Waals surface area contributed by atoms with Crippen LogP contribution in [0.1, 0.15) is 43.0 Å². The fourth-order valence-corrected chi connectivity index (χ4v) is 3.73. The number of halogens is 1. The molecule has 2 saturated heterocycles. The van der Waals surface area contributed by atoms with Gasteiger partial charge in [-0.3, -0.25) is 9.78 Å². The Balaban J connectivity index is 1.52. The van der Waals surface area contributed by atoms with Gasteiger partial charge in [-0.1, -0.05) is 0 Å². The van der Waals surface area contributed by atoms with Gasteiger partial charge in [0.05, 0.1) is 36.7 Å². The van der Waals surface area contributed by atoms with Gasteiger partial charge in [0.2, 0.25) is 0 Å². The average Bonchev–Trinajstić information content (AvgIpc) is 2.66. The first-order chi connectivity index (χ1) is 12.6. The van der Waals surface area contributed by atoms with Crippen LogP contribution in [-0.2, 0) is 14.2 Å². The van der Waals surface area contributed by atoms with E-state index < -0.39 is 5.82 Å². The summed E-state index contributed by atoms with van der Waals surface area (Å²) < 4.78 is 31.1. The number of pyridine rings is 1. The number of piperidine rings is 1. The van der Waals surface area contributed by atoms with Crippen molar-refractivity contribution in [2.75, 3.05) is 39.5 Å². The van der Waals surface area contributed by atoms with Gasteiger partial charge in [0.25, 0.3) is 5.91 Å². The fourth-order valence-electron chi connectivity index (χ4n) is 3.73. The third-order valence-corrected chi connectivity index (χ3v) is 5.20. The van der Waals surface area contributed by atoms with Crippen LogP contribution in [0, 0.1) is 5.82 Å². The second-order valence-corrected chi connectivity index (χ2v) is 6.86. The molecule has 7 heteroatoms. The maximum atomic E-state index is 13.8. The molecule has 3 heterocycles. The molecule has 6 nitrogen and oxygen atoms in total. The van der Waals surface area contributed by atoms with Gasteiger partial charge >= 0.3 is 0 Å². The summed E-state index contributed by atoms with van der Waals surface area (Å²) in [6.07, 6.45) is 5.91. The third kappa shape index (κ3) is 4.58. The Kier molecular flexibility index (Phi) is 6.56. The van der Waals surface area contributed by atoms with Gasteiger partial charge in [-0.15, -0.1) is 0 Å². The van der Waals surface area contributed by atoms with Gasteiger partial charge < -0.3 is 19.1 Å². The minimum absolute atomic E-state index is 0.0812. The van der Waals surface area contributed by atoms with E-state index in [1.54, 1.807) is 4.90 Å². The molecular weight excluding hydrogens is 339 g/mol. The highest BCUT2D eigenvalue weighted by atomic mass is 19.1. The summed E-state index contributed by atoms with van der Waals surface area (Å²) in [7, 11) is 0. The Labute approximate surface area is 153 Å². The number of nitrogens with zero attached hydrogens (tertiary/aromatic N) is 2. The highest BCUT2D eigenvalue weighted by Crippen LogP contribution is 2.36. The Morgan fingerprint density at radius 3 is 2.96 bits per heavy atom. The number of hydrogen-bond donors (Lipinski definition) is 0.